The SMILES string of the molecule is CCCCCCCCCCCCCCCCCC(OCCCCCCCC)(OCCCCCCCCCCCC)OCC(CC)CCCC. The first-order valence-electron chi connectivity index (χ1n) is 23.1. The average Bonchev–Trinajstić information content (AvgIpc) is 3.11. The minimum atomic E-state index is -0.848. The molecule has 0 N–H and O–H groups in total. The fourth-order valence-corrected chi connectivity index (χ4v) is 7.12. The third-order valence-electron chi connectivity index (χ3n) is 10.8. The average molecular weight is 695 g/mol. The van der Waals surface area contributed by atoms with Gasteiger partial charge in [-0.15, -0.1) is 0 Å². The lowest BCUT2D eigenvalue weighted by molar-refractivity contribution is -0.387. The zero-order valence-electron chi connectivity index (χ0n) is 34.9. The molecule has 49 heavy (non-hydrogen) atoms. The molecule has 296 valence electrons. The number of hydrogen-bond acceptors (Lipinski definition) is 3. The van der Waals surface area contributed by atoms with Gasteiger partial charge in [0.05, 0.1) is 19.8 Å². The first-order valence-corrected chi connectivity index (χ1v) is 23.1. The molecule has 0 aliphatic heterocycles. The van der Waals surface area contributed by atoms with Crippen molar-refractivity contribution in [1.29, 1.82) is 0 Å². The first kappa shape index (κ1) is 48.9. The minimum absolute atomic E-state index is 0.596. The van der Waals surface area contributed by atoms with Crippen LogP contribution in [-0.2, 0) is 14.2 Å². The molecule has 0 aliphatic rings. The van der Waals surface area contributed by atoms with Gasteiger partial charge >= 0.3 is 0 Å². The highest BCUT2D eigenvalue weighted by atomic mass is 16.9. The van der Waals surface area contributed by atoms with E-state index in [0.29, 0.717) is 5.92 Å². The van der Waals surface area contributed by atoms with Crippen LogP contribution >= 0.6 is 0 Å². The maximum absolute atomic E-state index is 6.79. The molecule has 2 atom stereocenters. The lowest BCUT2D eigenvalue weighted by atomic mass is 10.0. The molecule has 0 aromatic carbocycles. The molecule has 0 aromatic heterocycles. The van der Waals surface area contributed by atoms with Crippen LogP contribution in [0.5, 0.6) is 0 Å². The highest BCUT2D eigenvalue weighted by Crippen LogP contribution is 2.28. The summed E-state index contributed by atoms with van der Waals surface area (Å²) < 4.78 is 20.2. The maximum Gasteiger partial charge on any atom is 0.282 e. The molecule has 3 nitrogen and oxygen atoms in total. The number of hydrogen-bond donors (Lipinski definition) is 0. The van der Waals surface area contributed by atoms with Gasteiger partial charge < -0.3 is 14.2 Å². The fourth-order valence-electron chi connectivity index (χ4n) is 7.12. The zero-order chi connectivity index (χ0) is 35.8. The van der Waals surface area contributed by atoms with E-state index in [-0.39, 0.29) is 0 Å². The summed E-state index contributed by atoms with van der Waals surface area (Å²) in [5.41, 5.74) is 0. The van der Waals surface area contributed by atoms with Crippen molar-refractivity contribution in [3.63, 3.8) is 0 Å². The van der Waals surface area contributed by atoms with Gasteiger partial charge in [0.2, 0.25) is 0 Å². The van der Waals surface area contributed by atoms with E-state index in [1.54, 1.807) is 0 Å². The van der Waals surface area contributed by atoms with E-state index in [2.05, 4.69) is 34.6 Å². The van der Waals surface area contributed by atoms with Crippen LogP contribution in [0.1, 0.15) is 266 Å². The fraction of sp³-hybridized carbons (Fsp3) is 1.00. The van der Waals surface area contributed by atoms with E-state index in [1.807, 2.05) is 0 Å². The third kappa shape index (κ3) is 34.7. The Kier molecular flexibility index (Phi) is 40.5. The Morgan fingerprint density at radius 2 is 0.633 bits per heavy atom. The summed E-state index contributed by atoms with van der Waals surface area (Å²) in [6.07, 6.45) is 47.8. The molecule has 0 radical (unpaired) electrons. The second-order valence-corrected chi connectivity index (χ2v) is 15.8. The lowest BCUT2D eigenvalue weighted by Crippen LogP contribution is -2.41. The topological polar surface area (TPSA) is 27.7 Å². The monoisotopic (exact) mass is 695 g/mol. The molecule has 0 saturated carbocycles. The van der Waals surface area contributed by atoms with Crippen LogP contribution in [0.25, 0.3) is 0 Å². The molecule has 0 amide bonds. The summed E-state index contributed by atoms with van der Waals surface area (Å²) in [5.74, 6) is -0.252. The lowest BCUT2D eigenvalue weighted by Gasteiger charge is -2.35. The molecular formula is C46H94O3. The van der Waals surface area contributed by atoms with Gasteiger partial charge in [0.15, 0.2) is 0 Å². The zero-order valence-corrected chi connectivity index (χ0v) is 34.9. The summed E-state index contributed by atoms with van der Waals surface area (Å²) in [7, 11) is 0. The predicted octanol–water partition coefficient (Wildman–Crippen LogP) is 16.4. The number of rotatable bonds is 43. The Morgan fingerprint density at radius 1 is 0.327 bits per heavy atom. The van der Waals surface area contributed by atoms with Gasteiger partial charge in [-0.25, -0.2) is 0 Å². The summed E-state index contributed by atoms with van der Waals surface area (Å²) >= 11 is 0. The maximum atomic E-state index is 6.79. The molecule has 0 fully saturated rings. The Labute approximate surface area is 311 Å². The minimum Gasteiger partial charge on any atom is -0.327 e. The van der Waals surface area contributed by atoms with Crippen LogP contribution in [0.4, 0.5) is 0 Å². The molecule has 0 spiro atoms. The van der Waals surface area contributed by atoms with Crippen LogP contribution in [0.2, 0.25) is 0 Å². The summed E-state index contributed by atoms with van der Waals surface area (Å²) in [5, 5.41) is 0. The van der Waals surface area contributed by atoms with Gasteiger partial charge in [-0.3, -0.25) is 0 Å². The van der Waals surface area contributed by atoms with Gasteiger partial charge in [-0.1, -0.05) is 234 Å². The normalized spacial score (nSPS) is 13.7. The molecule has 0 bridgehead atoms. The molecule has 0 aliphatic carbocycles. The van der Waals surface area contributed by atoms with E-state index in [0.717, 1.165) is 45.5 Å². The smallest absolute Gasteiger partial charge is 0.282 e. The Bertz CT molecular complexity index is 595. The van der Waals surface area contributed by atoms with Gasteiger partial charge in [0.25, 0.3) is 5.97 Å². The standard InChI is InChI=1S/C46H94O3/c1-6-11-15-18-21-23-25-26-27-28-29-30-32-34-37-41-46(47-42-38-35-20-17-13-8-3,49-44-45(10-5)40-14-9-4)48-43-39-36-33-31-24-22-19-16-12-7-2/h45H,6-44H2,1-5H3. The predicted molar refractivity (Wildman–Crippen MR) is 219 cm³/mol. The Balaban J connectivity index is 4.80. The van der Waals surface area contributed by atoms with Gasteiger partial charge in [0.1, 0.15) is 0 Å². The molecule has 0 aromatic rings. The summed E-state index contributed by atoms with van der Waals surface area (Å²) in [6.45, 7) is 13.8. The number of unbranched alkanes of at least 4 members (excludes halogenated alkanes) is 29. The third-order valence-corrected chi connectivity index (χ3v) is 10.8. The second kappa shape index (κ2) is 40.6. The van der Waals surface area contributed by atoms with Gasteiger partial charge in [-0.05, 0) is 31.6 Å². The molecular weight excluding hydrogens is 601 g/mol. The number of ether oxygens (including phenoxy) is 3. The van der Waals surface area contributed by atoms with Crippen LogP contribution in [-0.4, -0.2) is 25.8 Å². The Hall–Kier alpha value is -0.120. The summed E-state index contributed by atoms with van der Waals surface area (Å²) in [6, 6.07) is 0. The quantitative estimate of drug-likeness (QED) is 0.0470. The van der Waals surface area contributed by atoms with Crippen molar-refractivity contribution in [3.8, 4) is 0 Å². The largest absolute Gasteiger partial charge is 0.327 e. The second-order valence-electron chi connectivity index (χ2n) is 15.8. The van der Waals surface area contributed by atoms with E-state index < -0.39 is 5.97 Å². The molecule has 2 unspecified atom stereocenters. The van der Waals surface area contributed by atoms with Gasteiger partial charge in [0, 0.05) is 6.42 Å². The van der Waals surface area contributed by atoms with Crippen molar-refractivity contribution < 1.29 is 14.2 Å². The summed E-state index contributed by atoms with van der Waals surface area (Å²) in [4.78, 5) is 0. The molecule has 0 saturated heterocycles. The van der Waals surface area contributed by atoms with Gasteiger partial charge in [-0.2, -0.15) is 0 Å². The Morgan fingerprint density at radius 3 is 0.959 bits per heavy atom. The van der Waals surface area contributed by atoms with Crippen LogP contribution in [0.3, 0.4) is 0 Å². The van der Waals surface area contributed by atoms with Crippen LogP contribution in [0, 0.1) is 5.92 Å². The highest BCUT2D eigenvalue weighted by molar-refractivity contribution is 4.65. The highest BCUT2D eigenvalue weighted by Gasteiger charge is 2.34. The molecule has 3 heteroatoms. The van der Waals surface area contributed by atoms with E-state index in [4.69, 9.17) is 14.2 Å². The van der Waals surface area contributed by atoms with Crippen molar-refractivity contribution in [3.05, 3.63) is 0 Å². The van der Waals surface area contributed by atoms with E-state index >= 15 is 0 Å². The van der Waals surface area contributed by atoms with Crippen molar-refractivity contribution in [2.24, 2.45) is 5.92 Å². The van der Waals surface area contributed by atoms with Crippen molar-refractivity contribution in [1.82, 2.24) is 0 Å². The van der Waals surface area contributed by atoms with Crippen molar-refractivity contribution in [2.45, 2.75) is 272 Å². The van der Waals surface area contributed by atoms with E-state index in [1.165, 1.54) is 205 Å². The van der Waals surface area contributed by atoms with Crippen LogP contribution in [0.15, 0.2) is 0 Å². The van der Waals surface area contributed by atoms with Crippen molar-refractivity contribution in [2.75, 3.05) is 19.8 Å². The van der Waals surface area contributed by atoms with Crippen molar-refractivity contribution >= 4 is 0 Å². The first-order chi connectivity index (χ1) is 24.2. The molecule has 0 rings (SSSR count). The molecule has 0 heterocycles. The van der Waals surface area contributed by atoms with E-state index in [9.17, 15) is 0 Å². The van der Waals surface area contributed by atoms with Crippen LogP contribution < -0.4 is 0 Å².